The smallest absolute Gasteiger partial charge is 0.0706 e. The van der Waals surface area contributed by atoms with Gasteiger partial charge < -0.3 is 5.73 Å². The number of nitrogens with zero attached hydrogens (tertiary/aromatic N) is 1. The number of nitrogen functional groups attached to an aromatic ring is 1. The van der Waals surface area contributed by atoms with Crippen LogP contribution in [0.3, 0.4) is 0 Å². The first-order valence-electron chi connectivity index (χ1n) is 5.00. The van der Waals surface area contributed by atoms with Gasteiger partial charge in [-0.05, 0) is 30.3 Å². The Morgan fingerprint density at radius 3 is 2.82 bits per heavy atom. The molecule has 0 saturated heterocycles. The molecule has 0 saturated carbocycles. The number of halogens is 1. The van der Waals surface area contributed by atoms with Crippen LogP contribution in [-0.2, 0) is 16.6 Å². The fraction of sp³-hybridized carbons (Fsp3) is 0.0833. The Hall–Kier alpha value is -1.39. The number of hydrogen-bond acceptors (Lipinski definition) is 3. The molecule has 0 fully saturated rings. The minimum Gasteiger partial charge on any atom is -0.398 e. The average Bonchev–Trinajstić information content (AvgIpc) is 2.33. The molecule has 0 aliphatic rings. The average molecular weight is 267 g/mol. The molecule has 3 nitrogen and oxygen atoms in total. The number of pyridine rings is 1. The zero-order chi connectivity index (χ0) is 12.3. The van der Waals surface area contributed by atoms with Crippen LogP contribution >= 0.6 is 11.6 Å². The van der Waals surface area contributed by atoms with Gasteiger partial charge in [0.2, 0.25) is 0 Å². The van der Waals surface area contributed by atoms with Crippen LogP contribution in [0.1, 0.15) is 5.69 Å². The Morgan fingerprint density at radius 2 is 2.12 bits per heavy atom. The molecule has 0 spiro atoms. The molecular formula is C12H11ClN2OS. The molecule has 17 heavy (non-hydrogen) atoms. The molecule has 1 aromatic carbocycles. The summed E-state index contributed by atoms with van der Waals surface area (Å²) in [4.78, 5) is 4.69. The SMILES string of the molecule is Nc1ccc(Cl)cc1S(=O)Cc1ccccn1. The fourth-order valence-electron chi connectivity index (χ4n) is 1.40. The van der Waals surface area contributed by atoms with Gasteiger partial charge in [0, 0.05) is 16.9 Å². The first-order valence-corrected chi connectivity index (χ1v) is 6.70. The highest BCUT2D eigenvalue weighted by atomic mass is 35.5. The van der Waals surface area contributed by atoms with Crippen LogP contribution in [0.15, 0.2) is 47.5 Å². The highest BCUT2D eigenvalue weighted by Gasteiger charge is 2.10. The number of nitrogens with two attached hydrogens (primary N) is 1. The number of anilines is 1. The lowest BCUT2D eigenvalue weighted by Crippen LogP contribution is -2.02. The summed E-state index contributed by atoms with van der Waals surface area (Å²) in [6.45, 7) is 0. The van der Waals surface area contributed by atoms with E-state index in [0.717, 1.165) is 5.69 Å². The number of aromatic nitrogens is 1. The molecule has 1 atom stereocenters. The molecular weight excluding hydrogens is 256 g/mol. The summed E-state index contributed by atoms with van der Waals surface area (Å²) in [6, 6.07) is 10.5. The zero-order valence-corrected chi connectivity index (χ0v) is 10.5. The maximum Gasteiger partial charge on any atom is 0.0706 e. The molecule has 2 aromatic rings. The van der Waals surface area contributed by atoms with Crippen molar-refractivity contribution >= 4 is 28.1 Å². The Morgan fingerprint density at radius 1 is 1.29 bits per heavy atom. The molecule has 88 valence electrons. The van der Waals surface area contributed by atoms with Gasteiger partial charge in [0.25, 0.3) is 0 Å². The van der Waals surface area contributed by atoms with Crippen molar-refractivity contribution in [3.63, 3.8) is 0 Å². The van der Waals surface area contributed by atoms with Crippen molar-refractivity contribution in [1.29, 1.82) is 0 Å². The van der Waals surface area contributed by atoms with Crippen LogP contribution in [0, 0.1) is 0 Å². The molecule has 0 bridgehead atoms. The Bertz CT molecular complexity index is 545. The van der Waals surface area contributed by atoms with Crippen LogP contribution in [0.2, 0.25) is 5.02 Å². The quantitative estimate of drug-likeness (QED) is 0.869. The van der Waals surface area contributed by atoms with E-state index >= 15 is 0 Å². The van der Waals surface area contributed by atoms with Crippen LogP contribution in [-0.4, -0.2) is 9.19 Å². The largest absolute Gasteiger partial charge is 0.398 e. The second-order valence-corrected chi connectivity index (χ2v) is 5.35. The third-order valence-corrected chi connectivity index (χ3v) is 3.86. The monoisotopic (exact) mass is 266 g/mol. The van der Waals surface area contributed by atoms with E-state index in [1.807, 2.05) is 18.2 Å². The Labute approximate surface area is 107 Å². The lowest BCUT2D eigenvalue weighted by Gasteiger charge is -2.05. The summed E-state index contributed by atoms with van der Waals surface area (Å²) < 4.78 is 12.1. The lowest BCUT2D eigenvalue weighted by atomic mass is 10.3. The molecule has 0 aliphatic heterocycles. The van der Waals surface area contributed by atoms with E-state index in [0.29, 0.717) is 21.4 Å². The maximum absolute atomic E-state index is 12.1. The second kappa shape index (κ2) is 5.29. The summed E-state index contributed by atoms with van der Waals surface area (Å²) in [5.41, 5.74) is 7.03. The molecule has 1 unspecified atom stereocenters. The lowest BCUT2D eigenvalue weighted by molar-refractivity contribution is 0.682. The summed E-state index contributed by atoms with van der Waals surface area (Å²) in [6.07, 6.45) is 1.67. The third kappa shape index (κ3) is 3.05. The van der Waals surface area contributed by atoms with Gasteiger partial charge in [-0.25, -0.2) is 0 Å². The van der Waals surface area contributed by atoms with Crippen molar-refractivity contribution in [3.05, 3.63) is 53.3 Å². The molecule has 0 aliphatic carbocycles. The first kappa shape index (κ1) is 12.1. The van der Waals surface area contributed by atoms with E-state index in [1.165, 1.54) is 0 Å². The minimum absolute atomic E-state index is 0.339. The van der Waals surface area contributed by atoms with Crippen LogP contribution in [0.4, 0.5) is 5.69 Å². The van der Waals surface area contributed by atoms with E-state index < -0.39 is 10.8 Å². The van der Waals surface area contributed by atoms with Crippen LogP contribution in [0.5, 0.6) is 0 Å². The molecule has 5 heteroatoms. The van der Waals surface area contributed by atoms with Crippen molar-refractivity contribution in [2.24, 2.45) is 0 Å². The van der Waals surface area contributed by atoms with Crippen LogP contribution < -0.4 is 5.73 Å². The highest BCUT2D eigenvalue weighted by molar-refractivity contribution is 7.84. The second-order valence-electron chi connectivity index (χ2n) is 3.49. The molecule has 0 radical (unpaired) electrons. The first-order chi connectivity index (χ1) is 8.16. The number of rotatable bonds is 3. The van der Waals surface area contributed by atoms with Gasteiger partial charge in [0.05, 0.1) is 27.1 Å². The summed E-state index contributed by atoms with van der Waals surface area (Å²) in [7, 11) is -1.23. The van der Waals surface area contributed by atoms with Gasteiger partial charge in [-0.1, -0.05) is 17.7 Å². The standard InChI is InChI=1S/C12H11ClN2OS/c13-9-4-5-11(14)12(7-9)17(16)8-10-3-1-2-6-15-10/h1-7H,8,14H2. The summed E-state index contributed by atoms with van der Waals surface area (Å²) in [5.74, 6) is 0.339. The van der Waals surface area contributed by atoms with E-state index in [-0.39, 0.29) is 0 Å². The van der Waals surface area contributed by atoms with Crippen molar-refractivity contribution in [2.75, 3.05) is 5.73 Å². The normalized spacial score (nSPS) is 12.3. The fourth-order valence-corrected chi connectivity index (χ4v) is 2.82. The van der Waals surface area contributed by atoms with Gasteiger partial charge in [-0.2, -0.15) is 0 Å². The molecule has 2 N–H and O–H groups in total. The molecule has 2 rings (SSSR count). The van der Waals surface area contributed by atoms with Gasteiger partial charge in [-0.15, -0.1) is 0 Å². The van der Waals surface area contributed by atoms with Crippen molar-refractivity contribution in [1.82, 2.24) is 4.98 Å². The molecule has 1 heterocycles. The number of benzene rings is 1. The Kier molecular flexibility index (Phi) is 3.76. The van der Waals surface area contributed by atoms with Gasteiger partial charge in [0.1, 0.15) is 0 Å². The summed E-state index contributed by atoms with van der Waals surface area (Å²) >= 11 is 5.86. The minimum atomic E-state index is -1.23. The van der Waals surface area contributed by atoms with Crippen LogP contribution in [0.25, 0.3) is 0 Å². The van der Waals surface area contributed by atoms with E-state index in [4.69, 9.17) is 17.3 Å². The van der Waals surface area contributed by atoms with Crippen molar-refractivity contribution in [3.8, 4) is 0 Å². The van der Waals surface area contributed by atoms with Crippen molar-refractivity contribution in [2.45, 2.75) is 10.6 Å². The predicted molar refractivity (Wildman–Crippen MR) is 70.2 cm³/mol. The van der Waals surface area contributed by atoms with E-state index in [1.54, 1.807) is 24.4 Å². The molecule has 1 aromatic heterocycles. The zero-order valence-electron chi connectivity index (χ0n) is 8.97. The van der Waals surface area contributed by atoms with Gasteiger partial charge >= 0.3 is 0 Å². The van der Waals surface area contributed by atoms with Gasteiger partial charge in [-0.3, -0.25) is 9.19 Å². The van der Waals surface area contributed by atoms with Crippen molar-refractivity contribution < 1.29 is 4.21 Å². The highest BCUT2D eigenvalue weighted by Crippen LogP contribution is 2.22. The number of hydrogen-bond donors (Lipinski definition) is 1. The third-order valence-electron chi connectivity index (χ3n) is 2.23. The summed E-state index contributed by atoms with van der Waals surface area (Å²) in [5, 5.41) is 0.531. The molecule has 0 amide bonds. The topological polar surface area (TPSA) is 56.0 Å². The predicted octanol–water partition coefficient (Wildman–Crippen LogP) is 2.63. The van der Waals surface area contributed by atoms with E-state index in [9.17, 15) is 4.21 Å². The maximum atomic E-state index is 12.1. The Balaban J connectivity index is 2.23. The van der Waals surface area contributed by atoms with Gasteiger partial charge in [0.15, 0.2) is 0 Å². The van der Waals surface area contributed by atoms with E-state index in [2.05, 4.69) is 4.98 Å².